The molecule has 0 aliphatic heterocycles. The minimum absolute atomic E-state index is 0.101. The van der Waals surface area contributed by atoms with Crippen LogP contribution in [-0.4, -0.2) is 47.7 Å². The SMILES string of the molecule is CCN(C(=O)COCC(=O)O)C1CCCC1. The fourth-order valence-electron chi connectivity index (χ4n) is 2.16. The molecule has 0 aromatic heterocycles. The number of rotatable bonds is 6. The fraction of sp³-hybridized carbons (Fsp3) is 0.818. The lowest BCUT2D eigenvalue weighted by atomic mass is 10.2. The molecule has 0 saturated heterocycles. The monoisotopic (exact) mass is 229 g/mol. The summed E-state index contributed by atoms with van der Waals surface area (Å²) in [5.41, 5.74) is 0. The van der Waals surface area contributed by atoms with Crippen LogP contribution < -0.4 is 0 Å². The molecule has 0 heterocycles. The standard InChI is InChI=1S/C11H19NO4/c1-2-12(9-5-3-4-6-9)10(13)7-16-8-11(14)15/h9H,2-8H2,1H3,(H,14,15). The van der Waals surface area contributed by atoms with Gasteiger partial charge in [-0.3, -0.25) is 4.79 Å². The third kappa shape index (κ3) is 3.81. The number of likely N-dealkylation sites (N-methyl/N-ethyl adjacent to an activating group) is 1. The maximum absolute atomic E-state index is 11.8. The Balaban J connectivity index is 2.33. The highest BCUT2D eigenvalue weighted by Gasteiger charge is 2.25. The van der Waals surface area contributed by atoms with Crippen molar-refractivity contribution in [2.45, 2.75) is 38.6 Å². The zero-order chi connectivity index (χ0) is 12.0. The minimum atomic E-state index is -1.04. The van der Waals surface area contributed by atoms with Gasteiger partial charge >= 0.3 is 5.97 Å². The van der Waals surface area contributed by atoms with Crippen LogP contribution in [0.3, 0.4) is 0 Å². The first-order valence-electron chi connectivity index (χ1n) is 5.74. The van der Waals surface area contributed by atoms with E-state index in [4.69, 9.17) is 9.84 Å². The lowest BCUT2D eigenvalue weighted by molar-refractivity contribution is -0.146. The Labute approximate surface area is 95.4 Å². The average Bonchev–Trinajstić information content (AvgIpc) is 2.71. The molecule has 1 fully saturated rings. The summed E-state index contributed by atoms with van der Waals surface area (Å²) in [4.78, 5) is 23.8. The third-order valence-electron chi connectivity index (χ3n) is 2.88. The molecule has 5 nitrogen and oxygen atoms in total. The van der Waals surface area contributed by atoms with Crippen molar-refractivity contribution in [3.8, 4) is 0 Å². The van der Waals surface area contributed by atoms with E-state index in [0.717, 1.165) is 12.8 Å². The lowest BCUT2D eigenvalue weighted by Gasteiger charge is -2.27. The number of carbonyl (C=O) groups is 2. The predicted molar refractivity (Wildman–Crippen MR) is 58.1 cm³/mol. The van der Waals surface area contributed by atoms with Gasteiger partial charge in [0.2, 0.25) is 5.91 Å². The number of amides is 1. The summed E-state index contributed by atoms with van der Waals surface area (Å²) in [6.07, 6.45) is 4.45. The molecule has 1 aliphatic carbocycles. The second-order valence-electron chi connectivity index (χ2n) is 4.00. The van der Waals surface area contributed by atoms with Crippen LogP contribution in [0.4, 0.5) is 0 Å². The van der Waals surface area contributed by atoms with Gasteiger partial charge in [0, 0.05) is 12.6 Å². The van der Waals surface area contributed by atoms with Gasteiger partial charge in [-0.2, -0.15) is 0 Å². The Hall–Kier alpha value is -1.10. The van der Waals surface area contributed by atoms with E-state index < -0.39 is 12.6 Å². The van der Waals surface area contributed by atoms with Crippen molar-refractivity contribution in [1.82, 2.24) is 4.90 Å². The largest absolute Gasteiger partial charge is 0.480 e. The third-order valence-corrected chi connectivity index (χ3v) is 2.88. The van der Waals surface area contributed by atoms with Gasteiger partial charge in [0.15, 0.2) is 0 Å². The first-order valence-corrected chi connectivity index (χ1v) is 5.74. The topological polar surface area (TPSA) is 66.8 Å². The molecule has 92 valence electrons. The Kier molecular flexibility index (Phi) is 5.25. The Bertz CT molecular complexity index is 248. The van der Waals surface area contributed by atoms with Gasteiger partial charge in [0.1, 0.15) is 13.2 Å². The summed E-state index contributed by atoms with van der Waals surface area (Å²) in [6, 6.07) is 0.325. The van der Waals surface area contributed by atoms with Crippen molar-refractivity contribution >= 4 is 11.9 Å². The van der Waals surface area contributed by atoms with E-state index >= 15 is 0 Å². The highest BCUT2D eigenvalue weighted by Crippen LogP contribution is 2.23. The van der Waals surface area contributed by atoms with Gasteiger partial charge < -0.3 is 14.7 Å². The number of carboxylic acid groups (broad SMARTS) is 1. The molecule has 0 atom stereocenters. The molecule has 0 bridgehead atoms. The smallest absolute Gasteiger partial charge is 0.329 e. The van der Waals surface area contributed by atoms with Crippen LogP contribution >= 0.6 is 0 Å². The molecule has 1 rings (SSSR count). The number of carboxylic acids is 1. The molecule has 1 N–H and O–H groups in total. The van der Waals surface area contributed by atoms with Gasteiger partial charge in [-0.25, -0.2) is 4.79 Å². The molecule has 1 saturated carbocycles. The summed E-state index contributed by atoms with van der Waals surface area (Å²) < 4.78 is 4.81. The van der Waals surface area contributed by atoms with Crippen molar-refractivity contribution in [2.75, 3.05) is 19.8 Å². The second-order valence-corrected chi connectivity index (χ2v) is 4.00. The van der Waals surface area contributed by atoms with Gasteiger partial charge in [0.25, 0.3) is 0 Å². The molecular formula is C11H19NO4. The van der Waals surface area contributed by atoms with Crippen LogP contribution in [0.5, 0.6) is 0 Å². The Morgan fingerprint density at radius 1 is 1.31 bits per heavy atom. The summed E-state index contributed by atoms with van der Waals surface area (Å²) in [7, 11) is 0. The van der Waals surface area contributed by atoms with E-state index in [1.54, 1.807) is 4.90 Å². The van der Waals surface area contributed by atoms with Crippen LogP contribution in [0, 0.1) is 0 Å². The molecule has 1 aliphatic rings. The predicted octanol–water partition coefficient (Wildman–Crippen LogP) is 0.879. The van der Waals surface area contributed by atoms with Crippen LogP contribution in [0.15, 0.2) is 0 Å². The zero-order valence-corrected chi connectivity index (χ0v) is 9.65. The van der Waals surface area contributed by atoms with Gasteiger partial charge in [-0.15, -0.1) is 0 Å². The van der Waals surface area contributed by atoms with E-state index in [-0.39, 0.29) is 12.5 Å². The Morgan fingerprint density at radius 2 is 1.94 bits per heavy atom. The van der Waals surface area contributed by atoms with Crippen molar-refractivity contribution < 1.29 is 19.4 Å². The maximum atomic E-state index is 11.8. The highest BCUT2D eigenvalue weighted by atomic mass is 16.5. The zero-order valence-electron chi connectivity index (χ0n) is 9.65. The molecule has 1 amide bonds. The maximum Gasteiger partial charge on any atom is 0.329 e. The van der Waals surface area contributed by atoms with Gasteiger partial charge in [0.05, 0.1) is 0 Å². The summed E-state index contributed by atoms with van der Waals surface area (Å²) in [6.45, 7) is 2.07. The normalized spacial score (nSPS) is 16.3. The average molecular weight is 229 g/mol. The van der Waals surface area contributed by atoms with Gasteiger partial charge in [-0.05, 0) is 19.8 Å². The highest BCUT2D eigenvalue weighted by molar-refractivity contribution is 5.78. The molecule has 16 heavy (non-hydrogen) atoms. The van der Waals surface area contributed by atoms with Crippen molar-refractivity contribution in [3.63, 3.8) is 0 Å². The second kappa shape index (κ2) is 6.48. The lowest BCUT2D eigenvalue weighted by Crippen LogP contribution is -2.41. The molecule has 5 heteroatoms. The molecule has 0 aromatic carbocycles. The number of carbonyl (C=O) groups excluding carboxylic acids is 1. The number of nitrogens with zero attached hydrogens (tertiary/aromatic N) is 1. The first-order chi connectivity index (χ1) is 7.65. The fourth-order valence-corrected chi connectivity index (χ4v) is 2.16. The molecule has 0 spiro atoms. The van der Waals surface area contributed by atoms with Gasteiger partial charge in [-0.1, -0.05) is 12.8 Å². The minimum Gasteiger partial charge on any atom is -0.480 e. The molecule has 0 unspecified atom stereocenters. The summed E-state index contributed by atoms with van der Waals surface area (Å²) >= 11 is 0. The van der Waals surface area contributed by atoms with E-state index in [0.29, 0.717) is 12.6 Å². The quantitative estimate of drug-likeness (QED) is 0.734. The number of hydrogen-bond donors (Lipinski definition) is 1. The summed E-state index contributed by atoms with van der Waals surface area (Å²) in [5.74, 6) is -1.15. The van der Waals surface area contributed by atoms with E-state index in [1.165, 1.54) is 12.8 Å². The van der Waals surface area contributed by atoms with Crippen molar-refractivity contribution in [2.24, 2.45) is 0 Å². The van der Waals surface area contributed by atoms with E-state index in [1.807, 2.05) is 6.92 Å². The number of hydrogen-bond acceptors (Lipinski definition) is 3. The Morgan fingerprint density at radius 3 is 2.44 bits per heavy atom. The van der Waals surface area contributed by atoms with Crippen LogP contribution in [0.25, 0.3) is 0 Å². The summed E-state index contributed by atoms with van der Waals surface area (Å²) in [5, 5.41) is 8.38. The van der Waals surface area contributed by atoms with Crippen LogP contribution in [0.2, 0.25) is 0 Å². The molecule has 0 radical (unpaired) electrons. The van der Waals surface area contributed by atoms with Crippen LogP contribution in [-0.2, 0) is 14.3 Å². The van der Waals surface area contributed by atoms with Crippen molar-refractivity contribution in [1.29, 1.82) is 0 Å². The molecular weight excluding hydrogens is 210 g/mol. The number of aliphatic carboxylic acids is 1. The van der Waals surface area contributed by atoms with E-state index in [9.17, 15) is 9.59 Å². The first kappa shape index (κ1) is 13.0. The number of ether oxygens (including phenoxy) is 1. The van der Waals surface area contributed by atoms with E-state index in [2.05, 4.69) is 0 Å². The van der Waals surface area contributed by atoms with Crippen molar-refractivity contribution in [3.05, 3.63) is 0 Å². The molecule has 0 aromatic rings. The van der Waals surface area contributed by atoms with Crippen LogP contribution in [0.1, 0.15) is 32.6 Å².